The van der Waals surface area contributed by atoms with Gasteiger partial charge in [-0.15, -0.1) is 0 Å². The summed E-state index contributed by atoms with van der Waals surface area (Å²) in [6, 6.07) is 0. The van der Waals surface area contributed by atoms with Crippen molar-refractivity contribution in [1.82, 2.24) is 0 Å². The molecule has 4 N–H and O–H groups in total. The van der Waals surface area contributed by atoms with E-state index in [1.807, 2.05) is 0 Å². The van der Waals surface area contributed by atoms with E-state index in [4.69, 9.17) is 20.4 Å². The SMILES string of the molecule is CC(C)(N=NC(C)(C)C(COC(=O)O)OC(=O)O)C(COC(=O)O)OC(=O)O. The van der Waals surface area contributed by atoms with Crippen LogP contribution in [0.5, 0.6) is 0 Å². The van der Waals surface area contributed by atoms with Crippen LogP contribution in [-0.4, -0.2) is 81.5 Å². The van der Waals surface area contributed by atoms with Crippen molar-refractivity contribution in [3.05, 3.63) is 0 Å². The molecule has 160 valence electrons. The van der Waals surface area contributed by atoms with Crippen molar-refractivity contribution in [2.45, 2.75) is 51.0 Å². The monoisotopic (exact) mass is 410 g/mol. The van der Waals surface area contributed by atoms with Gasteiger partial charge in [-0.2, -0.15) is 10.2 Å². The maximum atomic E-state index is 10.8. The predicted octanol–water partition coefficient (Wildman–Crippen LogP) is 2.51. The molecule has 0 aromatic carbocycles. The van der Waals surface area contributed by atoms with Gasteiger partial charge in [-0.1, -0.05) is 0 Å². The van der Waals surface area contributed by atoms with E-state index < -0.39 is 61.1 Å². The lowest BCUT2D eigenvalue weighted by Gasteiger charge is -2.31. The van der Waals surface area contributed by atoms with Crippen LogP contribution in [0.25, 0.3) is 0 Å². The topological polar surface area (TPSA) is 211 Å². The highest BCUT2D eigenvalue weighted by molar-refractivity contribution is 5.59. The Morgan fingerprint density at radius 3 is 1.18 bits per heavy atom. The van der Waals surface area contributed by atoms with Crippen LogP contribution >= 0.6 is 0 Å². The number of hydrogen-bond acceptors (Lipinski definition) is 10. The van der Waals surface area contributed by atoms with Crippen LogP contribution in [0.4, 0.5) is 19.2 Å². The molecule has 0 aliphatic rings. The Labute approximate surface area is 158 Å². The maximum absolute atomic E-state index is 10.8. The second-order valence-electron chi connectivity index (χ2n) is 6.41. The molecule has 0 heterocycles. The molecule has 0 fully saturated rings. The normalized spacial score (nSPS) is 14.0. The molecule has 2 unspecified atom stereocenters. The number of hydrogen-bond donors (Lipinski definition) is 4. The summed E-state index contributed by atoms with van der Waals surface area (Å²) in [5.74, 6) is 0. The van der Waals surface area contributed by atoms with Gasteiger partial charge in [0.15, 0.2) is 12.2 Å². The fraction of sp³-hybridized carbons (Fsp3) is 0.714. The summed E-state index contributed by atoms with van der Waals surface area (Å²) in [5.41, 5.74) is -2.88. The fourth-order valence-corrected chi connectivity index (χ4v) is 1.69. The first kappa shape index (κ1) is 24.7. The highest BCUT2D eigenvalue weighted by Crippen LogP contribution is 2.25. The highest BCUT2D eigenvalue weighted by atomic mass is 16.7. The molecule has 0 spiro atoms. The van der Waals surface area contributed by atoms with E-state index in [1.165, 1.54) is 27.7 Å². The van der Waals surface area contributed by atoms with Gasteiger partial charge < -0.3 is 39.4 Å². The fourth-order valence-electron chi connectivity index (χ4n) is 1.69. The summed E-state index contributed by atoms with van der Waals surface area (Å²) < 4.78 is 17.8. The van der Waals surface area contributed by atoms with Gasteiger partial charge >= 0.3 is 24.6 Å². The molecule has 14 nitrogen and oxygen atoms in total. The van der Waals surface area contributed by atoms with E-state index in [1.54, 1.807) is 0 Å². The molecule has 0 aromatic heterocycles. The van der Waals surface area contributed by atoms with E-state index in [-0.39, 0.29) is 0 Å². The molecule has 0 aliphatic carbocycles. The predicted molar refractivity (Wildman–Crippen MR) is 86.8 cm³/mol. The number of ether oxygens (including phenoxy) is 4. The summed E-state index contributed by atoms with van der Waals surface area (Å²) in [6.07, 6.45) is -9.49. The van der Waals surface area contributed by atoms with Crippen LogP contribution in [0.2, 0.25) is 0 Å². The first-order valence-electron chi connectivity index (χ1n) is 7.62. The maximum Gasteiger partial charge on any atom is 0.506 e. The summed E-state index contributed by atoms with van der Waals surface area (Å²) >= 11 is 0. The molecule has 0 amide bonds. The molecular formula is C14H22N2O12. The summed E-state index contributed by atoms with van der Waals surface area (Å²) in [5, 5.41) is 42.5. The van der Waals surface area contributed by atoms with Crippen molar-refractivity contribution in [3.63, 3.8) is 0 Å². The van der Waals surface area contributed by atoms with Crippen molar-refractivity contribution in [1.29, 1.82) is 0 Å². The highest BCUT2D eigenvalue weighted by Gasteiger charge is 2.38. The van der Waals surface area contributed by atoms with E-state index in [2.05, 4.69) is 29.2 Å². The van der Waals surface area contributed by atoms with Gasteiger partial charge in [0.25, 0.3) is 0 Å². The zero-order chi connectivity index (χ0) is 22.1. The zero-order valence-corrected chi connectivity index (χ0v) is 15.5. The minimum Gasteiger partial charge on any atom is -0.450 e. The van der Waals surface area contributed by atoms with E-state index in [0.717, 1.165) is 0 Å². The number of nitrogens with zero attached hydrogens (tertiary/aromatic N) is 2. The molecule has 0 saturated carbocycles. The van der Waals surface area contributed by atoms with Gasteiger partial charge in [0.05, 0.1) is 0 Å². The second-order valence-corrected chi connectivity index (χ2v) is 6.41. The first-order valence-corrected chi connectivity index (χ1v) is 7.62. The summed E-state index contributed by atoms with van der Waals surface area (Å²) in [7, 11) is 0. The van der Waals surface area contributed by atoms with Crippen LogP contribution in [0.1, 0.15) is 27.7 Å². The Morgan fingerprint density at radius 2 is 0.964 bits per heavy atom. The largest absolute Gasteiger partial charge is 0.506 e. The Bertz CT molecular complexity index is 563. The molecule has 0 radical (unpaired) electrons. The smallest absolute Gasteiger partial charge is 0.450 e. The van der Waals surface area contributed by atoms with E-state index in [0.29, 0.717) is 0 Å². The van der Waals surface area contributed by atoms with Crippen LogP contribution in [0.3, 0.4) is 0 Å². The lowest BCUT2D eigenvalue weighted by Crippen LogP contribution is -2.44. The number of carbonyl (C=O) groups is 4. The minimum atomic E-state index is -1.71. The third-order valence-corrected chi connectivity index (χ3v) is 3.34. The van der Waals surface area contributed by atoms with Gasteiger partial charge in [0, 0.05) is 0 Å². The van der Waals surface area contributed by atoms with E-state index in [9.17, 15) is 19.2 Å². The van der Waals surface area contributed by atoms with Crippen molar-refractivity contribution in [2.75, 3.05) is 13.2 Å². The molecule has 2 atom stereocenters. The minimum absolute atomic E-state index is 0.675. The van der Waals surface area contributed by atoms with Gasteiger partial charge in [0.1, 0.15) is 24.3 Å². The Morgan fingerprint density at radius 1 is 0.679 bits per heavy atom. The van der Waals surface area contributed by atoms with Crippen LogP contribution in [-0.2, 0) is 18.9 Å². The molecular weight excluding hydrogens is 388 g/mol. The summed E-state index contributed by atoms with van der Waals surface area (Å²) in [4.78, 5) is 42.7. The molecule has 0 bridgehead atoms. The van der Waals surface area contributed by atoms with Crippen molar-refractivity contribution < 1.29 is 58.6 Å². The molecule has 28 heavy (non-hydrogen) atoms. The Balaban J connectivity index is 5.51. The number of carboxylic acid groups (broad SMARTS) is 4. The standard InChI is InChI=1S/C14H22N2O12/c1-13(2,7(27-11(21)22)5-25-9(17)18)15-16-14(3,4)8(28-12(23)24)6-26-10(19)20/h7-8H,5-6H2,1-4H3,(H,17,18)(H,19,20)(H,21,22)(H,23,24). The van der Waals surface area contributed by atoms with Crippen molar-refractivity contribution in [2.24, 2.45) is 10.2 Å². The third kappa shape index (κ3) is 9.40. The number of azo groups is 1. The lowest BCUT2D eigenvalue weighted by molar-refractivity contribution is -0.0293. The number of rotatable bonds is 10. The van der Waals surface area contributed by atoms with Gasteiger partial charge in [0.2, 0.25) is 0 Å². The van der Waals surface area contributed by atoms with Crippen LogP contribution in [0, 0.1) is 0 Å². The van der Waals surface area contributed by atoms with Gasteiger partial charge in [-0.25, -0.2) is 19.2 Å². The Hall–Kier alpha value is -3.32. The van der Waals surface area contributed by atoms with Gasteiger partial charge in [-0.05, 0) is 27.7 Å². The molecule has 0 aromatic rings. The molecule has 0 rings (SSSR count). The van der Waals surface area contributed by atoms with Crippen LogP contribution in [0.15, 0.2) is 10.2 Å². The summed E-state index contributed by atoms with van der Waals surface area (Å²) in [6.45, 7) is 4.12. The van der Waals surface area contributed by atoms with E-state index >= 15 is 0 Å². The first-order chi connectivity index (χ1) is 12.7. The van der Waals surface area contributed by atoms with Crippen molar-refractivity contribution in [3.8, 4) is 0 Å². The molecule has 14 heteroatoms. The second kappa shape index (κ2) is 10.1. The Kier molecular flexibility index (Phi) is 8.93. The average Bonchev–Trinajstić information content (AvgIpc) is 2.52. The zero-order valence-electron chi connectivity index (χ0n) is 15.5. The lowest BCUT2D eigenvalue weighted by atomic mass is 9.97. The molecule has 0 saturated heterocycles. The quantitative estimate of drug-likeness (QED) is 0.232. The average molecular weight is 410 g/mol. The van der Waals surface area contributed by atoms with Crippen LogP contribution < -0.4 is 0 Å². The van der Waals surface area contributed by atoms with Crippen molar-refractivity contribution >= 4 is 24.6 Å². The molecule has 0 aliphatic heterocycles. The third-order valence-electron chi connectivity index (χ3n) is 3.34. The van der Waals surface area contributed by atoms with Gasteiger partial charge in [-0.3, -0.25) is 0 Å².